The lowest BCUT2D eigenvalue weighted by molar-refractivity contribution is 0.889. The van der Waals surface area contributed by atoms with Crippen LogP contribution >= 0.6 is 50.5 Å². The van der Waals surface area contributed by atoms with Crippen molar-refractivity contribution in [2.24, 2.45) is 5.73 Å². The van der Waals surface area contributed by atoms with Crippen molar-refractivity contribution in [2.45, 2.75) is 6.04 Å². The first-order valence-corrected chi connectivity index (χ1v) is 6.95. The molecule has 1 aromatic heterocycles. The highest BCUT2D eigenvalue weighted by Crippen LogP contribution is 2.33. The van der Waals surface area contributed by atoms with Crippen LogP contribution in [0.2, 0.25) is 10.0 Å². The van der Waals surface area contributed by atoms with Crippen LogP contribution in [0.4, 0.5) is 0 Å². The van der Waals surface area contributed by atoms with Gasteiger partial charge in [-0.1, -0.05) is 23.2 Å². The Morgan fingerprint density at radius 1 is 1.19 bits per heavy atom. The van der Waals surface area contributed by atoms with Gasteiger partial charge < -0.3 is 5.73 Å². The number of halogens is 3. The average Bonchev–Trinajstić information content (AvgIpc) is 2.62. The quantitative estimate of drug-likeness (QED) is 0.832. The zero-order valence-corrected chi connectivity index (χ0v) is 12.0. The Hall–Kier alpha value is -0.0600. The van der Waals surface area contributed by atoms with Crippen LogP contribution in [0.25, 0.3) is 0 Å². The highest BCUT2D eigenvalue weighted by atomic mass is 79.9. The van der Waals surface area contributed by atoms with Gasteiger partial charge in [-0.25, -0.2) is 0 Å². The Labute approximate surface area is 116 Å². The molecule has 1 heterocycles. The van der Waals surface area contributed by atoms with E-state index in [0.29, 0.717) is 10.0 Å². The number of nitrogens with two attached hydrogens (primary N) is 1. The van der Waals surface area contributed by atoms with Gasteiger partial charge in [0.15, 0.2) is 0 Å². The molecule has 2 rings (SSSR count). The van der Waals surface area contributed by atoms with E-state index < -0.39 is 0 Å². The van der Waals surface area contributed by atoms with Gasteiger partial charge in [0.1, 0.15) is 0 Å². The molecule has 0 aliphatic carbocycles. The Balaban J connectivity index is 2.41. The van der Waals surface area contributed by atoms with E-state index in [1.54, 1.807) is 17.4 Å². The molecule has 0 aliphatic rings. The third-order valence-corrected chi connectivity index (χ3v) is 4.56. The topological polar surface area (TPSA) is 26.0 Å². The van der Waals surface area contributed by atoms with Crippen LogP contribution in [0.5, 0.6) is 0 Å². The zero-order valence-electron chi connectivity index (χ0n) is 8.08. The van der Waals surface area contributed by atoms with Gasteiger partial charge in [0.25, 0.3) is 0 Å². The third-order valence-electron chi connectivity index (χ3n) is 2.17. The minimum absolute atomic E-state index is 0.203. The number of benzene rings is 1. The molecule has 2 aromatic rings. The van der Waals surface area contributed by atoms with Crippen molar-refractivity contribution < 1.29 is 0 Å². The molecule has 0 radical (unpaired) electrons. The Morgan fingerprint density at radius 3 is 2.31 bits per heavy atom. The molecule has 0 saturated carbocycles. The van der Waals surface area contributed by atoms with Gasteiger partial charge in [0.05, 0.1) is 6.04 Å². The predicted octanol–water partition coefficient (Wildman–Crippen LogP) is 4.87. The summed E-state index contributed by atoms with van der Waals surface area (Å²) < 4.78 is 1.01. The summed E-state index contributed by atoms with van der Waals surface area (Å²) >= 11 is 17.0. The standard InChI is InChI=1S/C11H8BrCl2NS/c12-9-1-2-16-11(9)10(15)6-3-7(13)5-8(14)4-6/h1-5,10H,15H2. The molecule has 0 amide bonds. The monoisotopic (exact) mass is 335 g/mol. The first kappa shape index (κ1) is 12.4. The number of rotatable bonds is 2. The molecule has 2 N–H and O–H groups in total. The van der Waals surface area contributed by atoms with Crippen molar-refractivity contribution in [1.29, 1.82) is 0 Å². The van der Waals surface area contributed by atoms with Crippen LogP contribution in [0, 0.1) is 0 Å². The molecule has 0 spiro atoms. The van der Waals surface area contributed by atoms with Crippen LogP contribution in [0.3, 0.4) is 0 Å². The lowest BCUT2D eigenvalue weighted by atomic mass is 10.1. The number of hydrogen-bond acceptors (Lipinski definition) is 2. The first-order valence-electron chi connectivity index (χ1n) is 4.52. The summed E-state index contributed by atoms with van der Waals surface area (Å²) in [5.41, 5.74) is 7.08. The molecule has 0 fully saturated rings. The van der Waals surface area contributed by atoms with Crippen molar-refractivity contribution in [3.63, 3.8) is 0 Å². The number of thiophene rings is 1. The minimum atomic E-state index is -0.203. The second kappa shape index (κ2) is 5.07. The Kier molecular flexibility index (Phi) is 3.93. The van der Waals surface area contributed by atoms with Crippen LogP contribution < -0.4 is 5.73 Å². The molecule has 1 unspecified atom stereocenters. The summed E-state index contributed by atoms with van der Waals surface area (Å²) in [6.45, 7) is 0. The molecule has 84 valence electrons. The molecule has 1 aromatic carbocycles. The highest BCUT2D eigenvalue weighted by molar-refractivity contribution is 9.10. The van der Waals surface area contributed by atoms with E-state index in [1.165, 1.54) is 0 Å². The van der Waals surface area contributed by atoms with Crippen LogP contribution in [0.1, 0.15) is 16.5 Å². The van der Waals surface area contributed by atoms with Gasteiger partial charge in [-0.2, -0.15) is 0 Å². The van der Waals surface area contributed by atoms with E-state index in [2.05, 4.69) is 15.9 Å². The van der Waals surface area contributed by atoms with E-state index >= 15 is 0 Å². The molecule has 1 atom stereocenters. The largest absolute Gasteiger partial charge is 0.320 e. The highest BCUT2D eigenvalue weighted by Gasteiger charge is 2.14. The Bertz CT molecular complexity index is 492. The molecular weight excluding hydrogens is 329 g/mol. The second-order valence-electron chi connectivity index (χ2n) is 3.31. The molecule has 0 bridgehead atoms. The molecule has 16 heavy (non-hydrogen) atoms. The number of hydrogen-bond donors (Lipinski definition) is 1. The molecule has 0 aliphatic heterocycles. The maximum atomic E-state index is 6.16. The second-order valence-corrected chi connectivity index (χ2v) is 5.99. The third kappa shape index (κ3) is 2.60. The lowest BCUT2D eigenvalue weighted by Gasteiger charge is -2.12. The summed E-state index contributed by atoms with van der Waals surface area (Å²) in [5, 5.41) is 3.20. The van der Waals surface area contributed by atoms with Gasteiger partial charge in [-0.3, -0.25) is 0 Å². The zero-order chi connectivity index (χ0) is 11.7. The van der Waals surface area contributed by atoms with Crippen LogP contribution in [-0.2, 0) is 0 Å². The SMILES string of the molecule is NC(c1cc(Cl)cc(Cl)c1)c1sccc1Br. The van der Waals surface area contributed by atoms with Gasteiger partial charge in [-0.15, -0.1) is 11.3 Å². The van der Waals surface area contributed by atoms with E-state index in [1.807, 2.05) is 23.6 Å². The Morgan fingerprint density at radius 2 is 1.81 bits per heavy atom. The fourth-order valence-electron chi connectivity index (χ4n) is 1.43. The molecular formula is C11H8BrCl2NS. The van der Waals surface area contributed by atoms with E-state index in [9.17, 15) is 0 Å². The van der Waals surface area contributed by atoms with Crippen molar-refractivity contribution in [3.8, 4) is 0 Å². The van der Waals surface area contributed by atoms with E-state index in [-0.39, 0.29) is 6.04 Å². The van der Waals surface area contributed by atoms with Crippen molar-refractivity contribution in [1.82, 2.24) is 0 Å². The van der Waals surface area contributed by atoms with Gasteiger partial charge in [0, 0.05) is 19.4 Å². The summed E-state index contributed by atoms with van der Waals surface area (Å²) in [7, 11) is 0. The van der Waals surface area contributed by atoms with Gasteiger partial charge in [-0.05, 0) is 51.1 Å². The van der Waals surface area contributed by atoms with E-state index in [4.69, 9.17) is 28.9 Å². The summed E-state index contributed by atoms with van der Waals surface area (Å²) in [6, 6.07) is 7.15. The van der Waals surface area contributed by atoms with E-state index in [0.717, 1.165) is 14.9 Å². The molecule has 1 nitrogen and oxygen atoms in total. The maximum absolute atomic E-state index is 6.16. The lowest BCUT2D eigenvalue weighted by Crippen LogP contribution is -2.10. The summed E-state index contributed by atoms with van der Waals surface area (Å²) in [5.74, 6) is 0. The van der Waals surface area contributed by atoms with Crippen molar-refractivity contribution >= 4 is 50.5 Å². The van der Waals surface area contributed by atoms with Gasteiger partial charge in [0.2, 0.25) is 0 Å². The summed E-state index contributed by atoms with van der Waals surface area (Å²) in [4.78, 5) is 1.07. The first-order chi connectivity index (χ1) is 7.58. The smallest absolute Gasteiger partial charge is 0.0658 e. The van der Waals surface area contributed by atoms with Crippen molar-refractivity contribution in [2.75, 3.05) is 0 Å². The fourth-order valence-corrected chi connectivity index (χ4v) is 3.62. The molecule has 0 saturated heterocycles. The van der Waals surface area contributed by atoms with Crippen LogP contribution in [0.15, 0.2) is 34.1 Å². The predicted molar refractivity (Wildman–Crippen MR) is 74.5 cm³/mol. The fraction of sp³-hybridized carbons (Fsp3) is 0.0909. The maximum Gasteiger partial charge on any atom is 0.0658 e. The van der Waals surface area contributed by atoms with Crippen molar-refractivity contribution in [3.05, 3.63) is 54.6 Å². The van der Waals surface area contributed by atoms with Gasteiger partial charge >= 0.3 is 0 Å². The molecule has 5 heteroatoms. The summed E-state index contributed by atoms with van der Waals surface area (Å²) in [6.07, 6.45) is 0. The van der Waals surface area contributed by atoms with Crippen LogP contribution in [-0.4, -0.2) is 0 Å². The minimum Gasteiger partial charge on any atom is -0.320 e. The normalized spacial score (nSPS) is 12.8. The average molecular weight is 337 g/mol.